The predicted octanol–water partition coefficient (Wildman–Crippen LogP) is 4.01. The van der Waals surface area contributed by atoms with Crippen molar-refractivity contribution in [3.05, 3.63) is 40.7 Å². The summed E-state index contributed by atoms with van der Waals surface area (Å²) < 4.78 is 4.53. The standard InChI is InChI=1S/C20H25ClN4OS/c1-14-13-24(10-11-25(14)19(26)16-4-2-3-5-16)20-22-18(23-27-20)12-15-6-8-17(21)9-7-15/h6-9,14,16H,2-5,10-13H2,1H3. The Hall–Kier alpha value is -1.66. The number of hydrogen-bond acceptors (Lipinski definition) is 5. The highest BCUT2D eigenvalue weighted by molar-refractivity contribution is 7.09. The number of aromatic nitrogens is 2. The second-order valence-corrected chi connectivity index (χ2v) is 8.77. The van der Waals surface area contributed by atoms with E-state index in [4.69, 9.17) is 16.6 Å². The fraction of sp³-hybridized carbons (Fsp3) is 0.550. The maximum Gasteiger partial charge on any atom is 0.226 e. The van der Waals surface area contributed by atoms with Crippen LogP contribution in [0, 0.1) is 5.92 Å². The Balaban J connectivity index is 1.37. The number of piperazine rings is 1. The molecule has 7 heteroatoms. The van der Waals surface area contributed by atoms with Crippen LogP contribution in [0.2, 0.25) is 5.02 Å². The Kier molecular flexibility index (Phi) is 5.64. The first-order chi connectivity index (χ1) is 13.1. The minimum Gasteiger partial charge on any atom is -0.343 e. The zero-order valence-electron chi connectivity index (χ0n) is 15.6. The van der Waals surface area contributed by atoms with Crippen molar-refractivity contribution in [2.75, 3.05) is 24.5 Å². The summed E-state index contributed by atoms with van der Waals surface area (Å²) in [4.78, 5) is 21.8. The van der Waals surface area contributed by atoms with Gasteiger partial charge in [-0.2, -0.15) is 4.37 Å². The van der Waals surface area contributed by atoms with E-state index in [0.29, 0.717) is 12.3 Å². The first-order valence-corrected chi connectivity index (χ1v) is 10.9. The second kappa shape index (κ2) is 8.15. The highest BCUT2D eigenvalue weighted by Gasteiger charge is 2.33. The molecule has 0 spiro atoms. The number of carbonyl (C=O) groups excluding carboxylic acids is 1. The molecule has 1 aliphatic heterocycles. The van der Waals surface area contributed by atoms with E-state index < -0.39 is 0 Å². The lowest BCUT2D eigenvalue weighted by Crippen LogP contribution is -2.55. The van der Waals surface area contributed by atoms with Crippen LogP contribution < -0.4 is 4.90 Å². The Labute approximate surface area is 169 Å². The van der Waals surface area contributed by atoms with Gasteiger partial charge in [0.15, 0.2) is 0 Å². The molecule has 2 heterocycles. The van der Waals surface area contributed by atoms with Crippen LogP contribution >= 0.6 is 23.1 Å². The van der Waals surface area contributed by atoms with Crippen molar-refractivity contribution in [2.24, 2.45) is 5.92 Å². The second-order valence-electron chi connectivity index (χ2n) is 7.60. The first kappa shape index (κ1) is 18.7. The number of nitrogens with zero attached hydrogens (tertiary/aromatic N) is 4. The van der Waals surface area contributed by atoms with Crippen LogP contribution in [-0.2, 0) is 11.2 Å². The van der Waals surface area contributed by atoms with Gasteiger partial charge in [-0.05, 0) is 37.5 Å². The quantitative estimate of drug-likeness (QED) is 0.772. The third kappa shape index (κ3) is 4.27. The molecule has 1 unspecified atom stereocenters. The van der Waals surface area contributed by atoms with E-state index >= 15 is 0 Å². The van der Waals surface area contributed by atoms with Crippen molar-refractivity contribution in [1.29, 1.82) is 0 Å². The predicted molar refractivity (Wildman–Crippen MR) is 110 cm³/mol. The molecule has 1 saturated heterocycles. The van der Waals surface area contributed by atoms with Gasteiger partial charge in [0.1, 0.15) is 5.82 Å². The molecular weight excluding hydrogens is 380 g/mol. The molecule has 1 aromatic carbocycles. The Bertz CT molecular complexity index is 788. The summed E-state index contributed by atoms with van der Waals surface area (Å²) in [6, 6.07) is 8.03. The molecule has 0 bridgehead atoms. The first-order valence-electron chi connectivity index (χ1n) is 9.72. The van der Waals surface area contributed by atoms with Crippen molar-refractivity contribution >= 4 is 34.2 Å². The van der Waals surface area contributed by atoms with Crippen LogP contribution in [0.3, 0.4) is 0 Å². The fourth-order valence-corrected chi connectivity index (χ4v) is 4.94. The molecule has 0 radical (unpaired) electrons. The van der Waals surface area contributed by atoms with E-state index in [-0.39, 0.29) is 12.0 Å². The summed E-state index contributed by atoms with van der Waals surface area (Å²) in [6.45, 7) is 4.59. The van der Waals surface area contributed by atoms with E-state index in [9.17, 15) is 4.79 Å². The van der Waals surface area contributed by atoms with Crippen molar-refractivity contribution in [2.45, 2.75) is 45.1 Å². The fourth-order valence-electron chi connectivity index (χ4n) is 4.10. The summed E-state index contributed by atoms with van der Waals surface area (Å²) in [5.74, 6) is 1.46. The number of hydrogen-bond donors (Lipinski definition) is 0. The number of carbonyl (C=O) groups is 1. The molecule has 1 atom stereocenters. The molecule has 1 aromatic heterocycles. The lowest BCUT2D eigenvalue weighted by molar-refractivity contribution is -0.137. The van der Waals surface area contributed by atoms with Crippen molar-refractivity contribution in [3.8, 4) is 0 Å². The van der Waals surface area contributed by atoms with Crippen LogP contribution in [0.1, 0.15) is 44.0 Å². The van der Waals surface area contributed by atoms with Gasteiger partial charge in [0, 0.05) is 54.6 Å². The average Bonchev–Trinajstić information content (AvgIpc) is 3.35. The Morgan fingerprint density at radius 2 is 1.96 bits per heavy atom. The normalized spacial score (nSPS) is 21.0. The van der Waals surface area contributed by atoms with E-state index in [1.165, 1.54) is 24.4 Å². The number of amides is 1. The summed E-state index contributed by atoms with van der Waals surface area (Å²) in [6.07, 6.45) is 5.24. The van der Waals surface area contributed by atoms with Gasteiger partial charge in [-0.3, -0.25) is 4.79 Å². The minimum absolute atomic E-state index is 0.218. The average molecular weight is 405 g/mol. The molecular formula is C20H25ClN4OS. The van der Waals surface area contributed by atoms with Crippen LogP contribution in [0.25, 0.3) is 0 Å². The van der Waals surface area contributed by atoms with Gasteiger partial charge in [-0.15, -0.1) is 0 Å². The van der Waals surface area contributed by atoms with Gasteiger partial charge in [-0.25, -0.2) is 4.98 Å². The monoisotopic (exact) mass is 404 g/mol. The van der Waals surface area contributed by atoms with Crippen molar-refractivity contribution in [1.82, 2.24) is 14.3 Å². The molecule has 1 amide bonds. The van der Waals surface area contributed by atoms with Gasteiger partial charge in [0.2, 0.25) is 11.0 Å². The smallest absolute Gasteiger partial charge is 0.226 e. The molecule has 27 heavy (non-hydrogen) atoms. The third-order valence-electron chi connectivity index (χ3n) is 5.62. The van der Waals surface area contributed by atoms with E-state index in [0.717, 1.165) is 54.0 Å². The van der Waals surface area contributed by atoms with Gasteiger partial charge in [0.25, 0.3) is 0 Å². The SMILES string of the molecule is CC1CN(c2nc(Cc3ccc(Cl)cc3)ns2)CCN1C(=O)C1CCCC1. The third-order valence-corrected chi connectivity index (χ3v) is 6.69. The van der Waals surface area contributed by atoms with E-state index in [2.05, 4.69) is 21.1 Å². The minimum atomic E-state index is 0.218. The molecule has 1 aliphatic carbocycles. The molecule has 1 saturated carbocycles. The maximum absolute atomic E-state index is 12.8. The van der Waals surface area contributed by atoms with Gasteiger partial charge >= 0.3 is 0 Å². The molecule has 2 fully saturated rings. The molecule has 2 aromatic rings. The highest BCUT2D eigenvalue weighted by Crippen LogP contribution is 2.29. The number of halogens is 1. The van der Waals surface area contributed by atoms with Crippen LogP contribution in [0.4, 0.5) is 5.13 Å². The number of benzene rings is 1. The Morgan fingerprint density at radius 1 is 1.22 bits per heavy atom. The van der Waals surface area contributed by atoms with Crippen LogP contribution in [0.5, 0.6) is 0 Å². The summed E-state index contributed by atoms with van der Waals surface area (Å²) in [7, 11) is 0. The van der Waals surface area contributed by atoms with Gasteiger partial charge in [-0.1, -0.05) is 36.6 Å². The van der Waals surface area contributed by atoms with Crippen LogP contribution in [-0.4, -0.2) is 45.8 Å². The summed E-state index contributed by atoms with van der Waals surface area (Å²) in [5, 5.41) is 1.70. The maximum atomic E-state index is 12.8. The molecule has 2 aliphatic rings. The molecule has 4 rings (SSSR count). The van der Waals surface area contributed by atoms with Gasteiger partial charge in [0.05, 0.1) is 0 Å². The van der Waals surface area contributed by atoms with Crippen molar-refractivity contribution < 1.29 is 4.79 Å². The summed E-state index contributed by atoms with van der Waals surface area (Å²) >= 11 is 7.40. The van der Waals surface area contributed by atoms with Gasteiger partial charge < -0.3 is 9.80 Å². The Morgan fingerprint density at radius 3 is 2.67 bits per heavy atom. The highest BCUT2D eigenvalue weighted by atomic mass is 35.5. The van der Waals surface area contributed by atoms with E-state index in [1.807, 2.05) is 24.3 Å². The number of anilines is 1. The molecule has 5 nitrogen and oxygen atoms in total. The van der Waals surface area contributed by atoms with Crippen LogP contribution in [0.15, 0.2) is 24.3 Å². The van der Waals surface area contributed by atoms with Crippen molar-refractivity contribution in [3.63, 3.8) is 0 Å². The lowest BCUT2D eigenvalue weighted by Gasteiger charge is -2.40. The summed E-state index contributed by atoms with van der Waals surface area (Å²) in [5.41, 5.74) is 1.16. The zero-order chi connectivity index (χ0) is 18.8. The molecule has 144 valence electrons. The molecule has 0 N–H and O–H groups in total. The topological polar surface area (TPSA) is 49.3 Å². The number of rotatable bonds is 4. The lowest BCUT2D eigenvalue weighted by atomic mass is 10.0. The largest absolute Gasteiger partial charge is 0.343 e. The van der Waals surface area contributed by atoms with E-state index in [1.54, 1.807) is 0 Å². The zero-order valence-corrected chi connectivity index (χ0v) is 17.2.